The van der Waals surface area contributed by atoms with Gasteiger partial charge in [0.05, 0.1) is 5.56 Å². The maximum absolute atomic E-state index is 11.7. The van der Waals surface area contributed by atoms with E-state index in [0.29, 0.717) is 18.8 Å². The number of rotatable bonds is 4. The third kappa shape index (κ3) is 2.74. The number of nitrogens with one attached hydrogen (secondary N) is 1. The molecule has 1 fully saturated rings. The zero-order valence-electron chi connectivity index (χ0n) is 11.4. The Morgan fingerprint density at radius 3 is 2.90 bits per heavy atom. The van der Waals surface area contributed by atoms with Crippen LogP contribution in [-0.4, -0.2) is 27.5 Å². The third-order valence-corrected chi connectivity index (χ3v) is 3.84. The predicted molar refractivity (Wildman–Crippen MR) is 74.4 cm³/mol. The molecule has 0 saturated heterocycles. The Hall–Kier alpha value is -2.11. The zero-order valence-corrected chi connectivity index (χ0v) is 11.4. The van der Waals surface area contributed by atoms with Crippen LogP contribution in [0, 0.1) is 5.92 Å². The minimum atomic E-state index is -1.07. The SMILES string of the molecule is CC1CCCC(Nc2ncccc2C(N)=O)(C(=O)O)C1. The van der Waals surface area contributed by atoms with E-state index in [2.05, 4.69) is 10.3 Å². The highest BCUT2D eigenvalue weighted by Gasteiger charge is 2.42. The van der Waals surface area contributed by atoms with Gasteiger partial charge in [-0.3, -0.25) is 4.79 Å². The van der Waals surface area contributed by atoms with Gasteiger partial charge in [0, 0.05) is 6.20 Å². The van der Waals surface area contributed by atoms with Crippen molar-refractivity contribution in [3.05, 3.63) is 23.9 Å². The summed E-state index contributed by atoms with van der Waals surface area (Å²) in [6.45, 7) is 2.03. The topological polar surface area (TPSA) is 105 Å². The Morgan fingerprint density at radius 2 is 2.30 bits per heavy atom. The second-order valence-electron chi connectivity index (χ2n) is 5.48. The molecule has 6 heteroatoms. The van der Waals surface area contributed by atoms with Gasteiger partial charge >= 0.3 is 5.97 Å². The first-order chi connectivity index (χ1) is 9.44. The fourth-order valence-electron chi connectivity index (χ4n) is 2.84. The second-order valence-corrected chi connectivity index (χ2v) is 5.48. The zero-order chi connectivity index (χ0) is 14.8. The van der Waals surface area contributed by atoms with Crippen LogP contribution in [0.5, 0.6) is 0 Å². The van der Waals surface area contributed by atoms with E-state index in [4.69, 9.17) is 5.73 Å². The van der Waals surface area contributed by atoms with Crippen molar-refractivity contribution in [2.24, 2.45) is 11.7 Å². The minimum Gasteiger partial charge on any atom is -0.480 e. The van der Waals surface area contributed by atoms with Crippen molar-refractivity contribution in [3.63, 3.8) is 0 Å². The number of pyridine rings is 1. The maximum Gasteiger partial charge on any atom is 0.329 e. The number of nitrogens with zero attached hydrogens (tertiary/aromatic N) is 1. The molecule has 1 aromatic rings. The highest BCUT2D eigenvalue weighted by atomic mass is 16.4. The summed E-state index contributed by atoms with van der Waals surface area (Å²) in [4.78, 5) is 27.2. The van der Waals surface area contributed by atoms with Gasteiger partial charge in [-0.25, -0.2) is 9.78 Å². The molecule has 0 bridgehead atoms. The molecule has 0 radical (unpaired) electrons. The summed E-state index contributed by atoms with van der Waals surface area (Å²) in [5.41, 5.74) is 4.44. The number of carboxylic acids is 1. The average Bonchev–Trinajstić information content (AvgIpc) is 2.39. The Kier molecular flexibility index (Phi) is 3.92. The van der Waals surface area contributed by atoms with E-state index in [1.54, 1.807) is 12.1 Å². The van der Waals surface area contributed by atoms with Crippen LogP contribution in [0.4, 0.5) is 5.82 Å². The van der Waals surface area contributed by atoms with Gasteiger partial charge < -0.3 is 16.2 Å². The Labute approximate surface area is 117 Å². The lowest BCUT2D eigenvalue weighted by atomic mass is 9.76. The van der Waals surface area contributed by atoms with Gasteiger partial charge in [0.15, 0.2) is 0 Å². The number of nitrogens with two attached hydrogens (primary N) is 1. The van der Waals surface area contributed by atoms with Crippen molar-refractivity contribution in [2.45, 2.75) is 38.1 Å². The number of carboxylic acid groups (broad SMARTS) is 1. The Bertz CT molecular complexity index is 532. The molecule has 2 unspecified atom stereocenters. The lowest BCUT2D eigenvalue weighted by Gasteiger charge is -2.37. The molecular weight excluding hydrogens is 258 g/mol. The fourth-order valence-corrected chi connectivity index (χ4v) is 2.84. The first-order valence-corrected chi connectivity index (χ1v) is 6.71. The van der Waals surface area contributed by atoms with E-state index in [1.165, 1.54) is 6.20 Å². The number of aliphatic carboxylic acids is 1. The Morgan fingerprint density at radius 1 is 1.55 bits per heavy atom. The number of amides is 1. The van der Waals surface area contributed by atoms with E-state index in [0.717, 1.165) is 12.8 Å². The lowest BCUT2D eigenvalue weighted by Crippen LogP contribution is -2.50. The highest BCUT2D eigenvalue weighted by Crippen LogP contribution is 2.35. The number of hydrogen-bond donors (Lipinski definition) is 3. The normalized spacial score (nSPS) is 25.9. The van der Waals surface area contributed by atoms with Crippen LogP contribution < -0.4 is 11.1 Å². The predicted octanol–water partition coefficient (Wildman–Crippen LogP) is 1.63. The number of carbonyl (C=O) groups is 2. The van der Waals surface area contributed by atoms with E-state index >= 15 is 0 Å². The van der Waals surface area contributed by atoms with Gasteiger partial charge in [0.2, 0.25) is 0 Å². The lowest BCUT2D eigenvalue weighted by molar-refractivity contribution is -0.144. The summed E-state index contributed by atoms with van der Waals surface area (Å²) in [6.07, 6.45) is 4.38. The monoisotopic (exact) mass is 277 g/mol. The first kappa shape index (κ1) is 14.3. The van der Waals surface area contributed by atoms with Crippen LogP contribution in [0.3, 0.4) is 0 Å². The molecule has 1 saturated carbocycles. The van der Waals surface area contributed by atoms with Crippen molar-refractivity contribution in [3.8, 4) is 0 Å². The van der Waals surface area contributed by atoms with Gasteiger partial charge in [-0.2, -0.15) is 0 Å². The molecule has 2 atom stereocenters. The summed E-state index contributed by atoms with van der Waals surface area (Å²) < 4.78 is 0. The molecule has 1 amide bonds. The quantitative estimate of drug-likeness (QED) is 0.775. The smallest absolute Gasteiger partial charge is 0.329 e. The standard InChI is InChI=1S/C14H19N3O3/c1-9-4-2-6-14(8-9,13(19)20)17-12-10(11(15)18)5-3-7-16-12/h3,5,7,9H,2,4,6,8H2,1H3,(H2,15,18)(H,16,17)(H,19,20). The summed E-state index contributed by atoms with van der Waals surface area (Å²) in [7, 11) is 0. The molecule has 6 nitrogen and oxygen atoms in total. The minimum absolute atomic E-state index is 0.214. The molecular formula is C14H19N3O3. The van der Waals surface area contributed by atoms with Gasteiger partial charge in [0.25, 0.3) is 5.91 Å². The molecule has 108 valence electrons. The average molecular weight is 277 g/mol. The largest absolute Gasteiger partial charge is 0.480 e. The van der Waals surface area contributed by atoms with Crippen molar-refractivity contribution < 1.29 is 14.7 Å². The van der Waals surface area contributed by atoms with Crippen LogP contribution >= 0.6 is 0 Å². The van der Waals surface area contributed by atoms with E-state index < -0.39 is 17.4 Å². The van der Waals surface area contributed by atoms with Gasteiger partial charge in [-0.15, -0.1) is 0 Å². The van der Waals surface area contributed by atoms with Gasteiger partial charge in [-0.1, -0.05) is 19.8 Å². The number of anilines is 1. The van der Waals surface area contributed by atoms with E-state index in [9.17, 15) is 14.7 Å². The summed E-state index contributed by atoms with van der Waals surface area (Å²) >= 11 is 0. The van der Waals surface area contributed by atoms with Crippen molar-refractivity contribution in [1.82, 2.24) is 4.98 Å². The first-order valence-electron chi connectivity index (χ1n) is 6.71. The number of aromatic nitrogens is 1. The summed E-state index contributed by atoms with van der Waals surface area (Å²) in [6, 6.07) is 3.14. The van der Waals surface area contributed by atoms with Crippen LogP contribution in [0.1, 0.15) is 43.0 Å². The van der Waals surface area contributed by atoms with Gasteiger partial charge in [0.1, 0.15) is 11.4 Å². The van der Waals surface area contributed by atoms with Crippen LogP contribution in [0.15, 0.2) is 18.3 Å². The second kappa shape index (κ2) is 5.48. The fraction of sp³-hybridized carbons (Fsp3) is 0.500. The molecule has 1 aliphatic rings. The molecule has 0 aliphatic heterocycles. The van der Waals surface area contributed by atoms with Crippen molar-refractivity contribution in [2.75, 3.05) is 5.32 Å². The van der Waals surface area contributed by atoms with E-state index in [-0.39, 0.29) is 11.4 Å². The molecule has 0 aromatic carbocycles. The summed E-state index contributed by atoms with van der Waals surface area (Å²) in [5, 5.41) is 12.6. The van der Waals surface area contributed by atoms with Crippen LogP contribution in [0.2, 0.25) is 0 Å². The number of hydrogen-bond acceptors (Lipinski definition) is 4. The molecule has 1 aliphatic carbocycles. The third-order valence-electron chi connectivity index (χ3n) is 3.84. The Balaban J connectivity index is 2.34. The van der Waals surface area contributed by atoms with Crippen molar-refractivity contribution in [1.29, 1.82) is 0 Å². The molecule has 20 heavy (non-hydrogen) atoms. The van der Waals surface area contributed by atoms with Crippen molar-refractivity contribution >= 4 is 17.7 Å². The molecule has 4 N–H and O–H groups in total. The van der Waals surface area contributed by atoms with Gasteiger partial charge in [-0.05, 0) is 30.9 Å². The molecule has 2 rings (SSSR count). The highest BCUT2D eigenvalue weighted by molar-refractivity contribution is 5.98. The van der Waals surface area contributed by atoms with Crippen LogP contribution in [-0.2, 0) is 4.79 Å². The summed E-state index contributed by atoms with van der Waals surface area (Å²) in [5.74, 6) is -0.972. The molecule has 0 spiro atoms. The van der Waals surface area contributed by atoms with Crippen LogP contribution in [0.25, 0.3) is 0 Å². The number of carbonyl (C=O) groups excluding carboxylic acids is 1. The molecule has 1 heterocycles. The number of primary amides is 1. The molecule has 1 aromatic heterocycles. The maximum atomic E-state index is 11.7. The van der Waals surface area contributed by atoms with E-state index in [1.807, 2.05) is 6.92 Å².